The number of rotatable bonds is 4. The van der Waals surface area contributed by atoms with Gasteiger partial charge in [-0.25, -0.2) is 5.16 Å². The van der Waals surface area contributed by atoms with Crippen molar-refractivity contribution < 1.29 is 5.16 Å². The summed E-state index contributed by atoms with van der Waals surface area (Å²) in [6.45, 7) is 2.14. The maximum Gasteiger partial charge on any atom is 0.148 e. The molecule has 0 saturated heterocycles. The van der Waals surface area contributed by atoms with Crippen molar-refractivity contribution >= 4 is 6.21 Å². The highest BCUT2D eigenvalue weighted by molar-refractivity contribution is 5.49. The third kappa shape index (κ3) is 5.47. The predicted octanol–water partition coefficient (Wildman–Crippen LogP) is 0.216. The SMILES string of the molecule is CCCCCC=[NH+][O-]. The Morgan fingerprint density at radius 2 is 2.25 bits per heavy atom. The van der Waals surface area contributed by atoms with Gasteiger partial charge in [0.15, 0.2) is 0 Å². The Morgan fingerprint density at radius 1 is 1.50 bits per heavy atom. The van der Waals surface area contributed by atoms with Crippen molar-refractivity contribution in [2.45, 2.75) is 32.6 Å². The van der Waals surface area contributed by atoms with Crippen LogP contribution in [0.2, 0.25) is 0 Å². The highest BCUT2D eigenvalue weighted by atomic mass is 16.4. The monoisotopic (exact) mass is 115 g/mol. The maximum atomic E-state index is 9.59. The van der Waals surface area contributed by atoms with Gasteiger partial charge < -0.3 is 5.21 Å². The van der Waals surface area contributed by atoms with Gasteiger partial charge in [-0.1, -0.05) is 19.8 Å². The third-order valence-electron chi connectivity index (χ3n) is 1.04. The minimum Gasteiger partial charge on any atom is -0.626 e. The molecule has 0 spiro atoms. The highest BCUT2D eigenvalue weighted by Gasteiger charge is 1.81. The number of hydrogen-bond donors (Lipinski definition) is 1. The summed E-state index contributed by atoms with van der Waals surface area (Å²) in [4.78, 5) is 0. The van der Waals surface area contributed by atoms with E-state index >= 15 is 0 Å². The molecule has 0 bridgehead atoms. The molecule has 0 aliphatic carbocycles. The van der Waals surface area contributed by atoms with Gasteiger partial charge in [0.2, 0.25) is 0 Å². The van der Waals surface area contributed by atoms with Crippen molar-refractivity contribution in [1.29, 1.82) is 0 Å². The second kappa shape index (κ2) is 6.47. The first-order chi connectivity index (χ1) is 3.91. The molecule has 2 nitrogen and oxygen atoms in total. The summed E-state index contributed by atoms with van der Waals surface area (Å²) in [6, 6.07) is 0. The van der Waals surface area contributed by atoms with Gasteiger partial charge >= 0.3 is 0 Å². The van der Waals surface area contributed by atoms with Gasteiger partial charge in [-0.15, -0.1) is 0 Å². The molecule has 0 fully saturated rings. The van der Waals surface area contributed by atoms with Crippen molar-refractivity contribution in [3.63, 3.8) is 0 Å². The van der Waals surface area contributed by atoms with Crippen LogP contribution >= 0.6 is 0 Å². The van der Waals surface area contributed by atoms with Crippen molar-refractivity contribution in [2.75, 3.05) is 0 Å². The van der Waals surface area contributed by atoms with E-state index in [0.717, 1.165) is 12.8 Å². The molecule has 0 aromatic heterocycles. The zero-order valence-electron chi connectivity index (χ0n) is 5.31. The first kappa shape index (κ1) is 7.47. The zero-order valence-corrected chi connectivity index (χ0v) is 5.31. The van der Waals surface area contributed by atoms with Crippen LogP contribution in [-0.4, -0.2) is 6.21 Å². The number of hydrogen-bond acceptors (Lipinski definition) is 1. The molecule has 8 heavy (non-hydrogen) atoms. The van der Waals surface area contributed by atoms with E-state index in [9.17, 15) is 5.21 Å². The van der Waals surface area contributed by atoms with Gasteiger partial charge in [0.05, 0.1) is 0 Å². The summed E-state index contributed by atoms with van der Waals surface area (Å²) in [7, 11) is 0. The molecular weight excluding hydrogens is 102 g/mol. The summed E-state index contributed by atoms with van der Waals surface area (Å²) in [5.74, 6) is 0. The van der Waals surface area contributed by atoms with E-state index in [0.29, 0.717) is 0 Å². The number of unbranched alkanes of at least 4 members (excludes halogenated alkanes) is 3. The molecule has 0 amide bonds. The summed E-state index contributed by atoms with van der Waals surface area (Å²) in [5.41, 5.74) is 0. The smallest absolute Gasteiger partial charge is 0.148 e. The van der Waals surface area contributed by atoms with Crippen LogP contribution in [0.15, 0.2) is 0 Å². The van der Waals surface area contributed by atoms with Crippen LogP contribution in [0.5, 0.6) is 0 Å². The summed E-state index contributed by atoms with van der Waals surface area (Å²) in [6.07, 6.45) is 6.02. The lowest BCUT2D eigenvalue weighted by Crippen LogP contribution is -2.60. The van der Waals surface area contributed by atoms with Crippen LogP contribution in [0.1, 0.15) is 32.6 Å². The third-order valence-corrected chi connectivity index (χ3v) is 1.04. The Morgan fingerprint density at radius 3 is 2.75 bits per heavy atom. The molecular formula is C6H13NO. The fourth-order valence-corrected chi connectivity index (χ4v) is 0.555. The fraction of sp³-hybridized carbons (Fsp3) is 0.833. The lowest BCUT2D eigenvalue weighted by atomic mass is 10.2. The molecule has 2 heteroatoms. The van der Waals surface area contributed by atoms with E-state index in [4.69, 9.17) is 0 Å². The molecule has 0 atom stereocenters. The van der Waals surface area contributed by atoms with Crippen molar-refractivity contribution in [3.8, 4) is 0 Å². The molecule has 0 aromatic rings. The van der Waals surface area contributed by atoms with Gasteiger partial charge in [0.25, 0.3) is 0 Å². The maximum absolute atomic E-state index is 9.59. The van der Waals surface area contributed by atoms with Gasteiger partial charge in [-0.3, -0.25) is 0 Å². The minimum absolute atomic E-state index is 0.900. The molecule has 0 rings (SSSR count). The molecule has 0 radical (unpaired) electrons. The largest absolute Gasteiger partial charge is 0.626 e. The molecule has 0 saturated carbocycles. The first-order valence-corrected chi connectivity index (χ1v) is 3.11. The van der Waals surface area contributed by atoms with Crippen molar-refractivity contribution in [1.82, 2.24) is 0 Å². The minimum atomic E-state index is 0.900. The second-order valence-corrected chi connectivity index (χ2v) is 1.82. The fourth-order valence-electron chi connectivity index (χ4n) is 0.555. The quantitative estimate of drug-likeness (QED) is 0.242. The average molecular weight is 115 g/mol. The van der Waals surface area contributed by atoms with E-state index in [1.165, 1.54) is 12.8 Å². The first-order valence-electron chi connectivity index (χ1n) is 3.11. The van der Waals surface area contributed by atoms with E-state index in [1.54, 1.807) is 11.4 Å². The Kier molecular flexibility index (Phi) is 6.04. The lowest BCUT2D eigenvalue weighted by molar-refractivity contribution is -0.368. The Hall–Kier alpha value is -0.530. The molecule has 48 valence electrons. The van der Waals surface area contributed by atoms with Gasteiger partial charge in [-0.2, -0.15) is 0 Å². The van der Waals surface area contributed by atoms with Gasteiger partial charge in [0.1, 0.15) is 6.21 Å². The zero-order chi connectivity index (χ0) is 6.24. The summed E-state index contributed by atoms with van der Waals surface area (Å²) < 4.78 is 0. The standard InChI is InChI=1S/C6H13NO/c1-2-3-4-5-6-7-8/h6-7H,2-5H2,1H3. The topological polar surface area (TPSA) is 37.0 Å². The average Bonchev–Trinajstić information content (AvgIpc) is 1.81. The lowest BCUT2D eigenvalue weighted by Gasteiger charge is -1.87. The van der Waals surface area contributed by atoms with Crippen LogP contribution in [0, 0.1) is 5.21 Å². The van der Waals surface area contributed by atoms with Crippen LogP contribution in [0.25, 0.3) is 0 Å². The molecule has 1 N–H and O–H groups in total. The van der Waals surface area contributed by atoms with Crippen LogP contribution < -0.4 is 5.16 Å². The Balaban J connectivity index is 2.72. The van der Waals surface area contributed by atoms with Crippen molar-refractivity contribution in [3.05, 3.63) is 5.21 Å². The molecule has 0 aromatic carbocycles. The highest BCUT2D eigenvalue weighted by Crippen LogP contribution is 1.94. The van der Waals surface area contributed by atoms with Crippen LogP contribution in [0.4, 0.5) is 0 Å². The van der Waals surface area contributed by atoms with E-state index in [-0.39, 0.29) is 0 Å². The summed E-state index contributed by atoms with van der Waals surface area (Å²) in [5, 5.41) is 11.3. The Labute approximate surface area is 50.2 Å². The summed E-state index contributed by atoms with van der Waals surface area (Å²) >= 11 is 0. The van der Waals surface area contributed by atoms with E-state index < -0.39 is 0 Å². The molecule has 0 heterocycles. The van der Waals surface area contributed by atoms with E-state index in [2.05, 4.69) is 6.92 Å². The molecule has 0 aliphatic heterocycles. The van der Waals surface area contributed by atoms with Crippen molar-refractivity contribution in [2.24, 2.45) is 0 Å². The van der Waals surface area contributed by atoms with Gasteiger partial charge in [-0.05, 0) is 6.42 Å². The molecule has 0 aliphatic rings. The second-order valence-electron chi connectivity index (χ2n) is 1.82. The normalized spacial score (nSPS) is 10.6. The molecule has 0 unspecified atom stereocenters. The predicted molar refractivity (Wildman–Crippen MR) is 34.5 cm³/mol. The van der Waals surface area contributed by atoms with Crippen LogP contribution in [0.3, 0.4) is 0 Å². The van der Waals surface area contributed by atoms with Crippen LogP contribution in [-0.2, 0) is 0 Å². The Bertz CT molecular complexity index is 61.5. The number of nitrogens with one attached hydrogen (secondary N) is 1. The van der Waals surface area contributed by atoms with E-state index in [1.807, 2.05) is 0 Å². The van der Waals surface area contributed by atoms with Gasteiger partial charge in [0, 0.05) is 6.42 Å².